The topological polar surface area (TPSA) is 44.7 Å². The summed E-state index contributed by atoms with van der Waals surface area (Å²) in [7, 11) is 0. The lowest BCUT2D eigenvalue weighted by molar-refractivity contribution is 0.0308. The zero-order valence-corrected chi connectivity index (χ0v) is 12.3. The van der Waals surface area contributed by atoms with E-state index in [2.05, 4.69) is 17.1 Å². The molecule has 1 heterocycles. The number of hydrogen-bond donors (Lipinski definition) is 2. The molecule has 2 aliphatic rings. The smallest absolute Gasteiger partial charge is 0.0897 e. The van der Waals surface area contributed by atoms with Gasteiger partial charge in [-0.25, -0.2) is 0 Å². The van der Waals surface area contributed by atoms with E-state index in [1.807, 2.05) is 0 Å². The quantitative estimate of drug-likeness (QED) is 0.662. The first-order chi connectivity index (χ1) is 9.24. The molecular formula is C15H30N2O2. The summed E-state index contributed by atoms with van der Waals surface area (Å²) < 4.78 is 5.50. The SMILES string of the molecule is CC(CN1CCCCC1)NCC(O)COCC1CC1. The number of nitrogens with zero attached hydrogens (tertiary/aromatic N) is 1. The van der Waals surface area contributed by atoms with Crippen LogP contribution in [0, 0.1) is 5.92 Å². The Kier molecular flexibility index (Phi) is 6.57. The van der Waals surface area contributed by atoms with Gasteiger partial charge in [-0.05, 0) is 51.6 Å². The Labute approximate surface area is 117 Å². The van der Waals surface area contributed by atoms with Gasteiger partial charge in [0, 0.05) is 25.7 Å². The molecule has 2 unspecified atom stereocenters. The van der Waals surface area contributed by atoms with E-state index in [9.17, 15) is 5.11 Å². The van der Waals surface area contributed by atoms with Gasteiger partial charge in [0.1, 0.15) is 0 Å². The molecular weight excluding hydrogens is 240 g/mol. The number of likely N-dealkylation sites (tertiary alicyclic amines) is 1. The molecule has 0 aromatic carbocycles. The molecule has 4 heteroatoms. The molecule has 1 saturated heterocycles. The lowest BCUT2D eigenvalue weighted by atomic mass is 10.1. The molecule has 2 atom stereocenters. The van der Waals surface area contributed by atoms with Gasteiger partial charge in [-0.3, -0.25) is 0 Å². The molecule has 2 N–H and O–H groups in total. The fourth-order valence-electron chi connectivity index (χ4n) is 2.65. The Morgan fingerprint density at radius 2 is 2.00 bits per heavy atom. The Balaban J connectivity index is 1.47. The van der Waals surface area contributed by atoms with E-state index in [1.54, 1.807) is 0 Å². The predicted molar refractivity (Wildman–Crippen MR) is 77.3 cm³/mol. The van der Waals surface area contributed by atoms with Gasteiger partial charge in [-0.1, -0.05) is 6.42 Å². The lowest BCUT2D eigenvalue weighted by Crippen LogP contribution is -2.44. The van der Waals surface area contributed by atoms with E-state index >= 15 is 0 Å². The zero-order valence-electron chi connectivity index (χ0n) is 12.3. The van der Waals surface area contributed by atoms with Crippen LogP contribution in [0.25, 0.3) is 0 Å². The highest BCUT2D eigenvalue weighted by Gasteiger charge is 2.21. The molecule has 0 bridgehead atoms. The van der Waals surface area contributed by atoms with E-state index in [-0.39, 0.29) is 6.10 Å². The average Bonchev–Trinajstić information content (AvgIpc) is 3.22. The normalized spacial score (nSPS) is 24.3. The highest BCUT2D eigenvalue weighted by Crippen LogP contribution is 2.28. The molecule has 4 nitrogen and oxygen atoms in total. The summed E-state index contributed by atoms with van der Waals surface area (Å²) in [6.07, 6.45) is 6.30. The summed E-state index contributed by atoms with van der Waals surface area (Å²) >= 11 is 0. The van der Waals surface area contributed by atoms with Crippen LogP contribution < -0.4 is 5.32 Å². The van der Waals surface area contributed by atoms with Gasteiger partial charge in [0.25, 0.3) is 0 Å². The van der Waals surface area contributed by atoms with Crippen molar-refractivity contribution in [2.24, 2.45) is 5.92 Å². The minimum Gasteiger partial charge on any atom is -0.389 e. The van der Waals surface area contributed by atoms with Crippen molar-refractivity contribution in [1.82, 2.24) is 10.2 Å². The summed E-state index contributed by atoms with van der Waals surface area (Å²) in [6, 6.07) is 0.441. The molecule has 0 aromatic rings. The standard InChI is InChI=1S/C15H30N2O2/c1-13(10-17-7-3-2-4-8-17)16-9-15(18)12-19-11-14-5-6-14/h13-16,18H,2-12H2,1H3. The van der Waals surface area contributed by atoms with Gasteiger partial charge in [0.05, 0.1) is 12.7 Å². The maximum absolute atomic E-state index is 9.84. The van der Waals surface area contributed by atoms with Crippen molar-refractivity contribution in [1.29, 1.82) is 0 Å². The summed E-state index contributed by atoms with van der Waals surface area (Å²) in [4.78, 5) is 2.52. The number of piperidine rings is 1. The van der Waals surface area contributed by atoms with Gasteiger partial charge in [0.15, 0.2) is 0 Å². The van der Waals surface area contributed by atoms with Gasteiger partial charge in [0.2, 0.25) is 0 Å². The number of aliphatic hydroxyl groups excluding tert-OH is 1. The first-order valence-corrected chi connectivity index (χ1v) is 7.95. The molecule has 2 fully saturated rings. The van der Waals surface area contributed by atoms with E-state index in [4.69, 9.17) is 4.74 Å². The summed E-state index contributed by atoms with van der Waals surface area (Å²) in [6.45, 7) is 7.71. The maximum Gasteiger partial charge on any atom is 0.0897 e. The van der Waals surface area contributed by atoms with Crippen LogP contribution in [0.1, 0.15) is 39.0 Å². The number of aliphatic hydroxyl groups is 1. The van der Waals surface area contributed by atoms with Crippen molar-refractivity contribution in [2.45, 2.75) is 51.2 Å². The monoisotopic (exact) mass is 270 g/mol. The molecule has 1 aliphatic heterocycles. The first-order valence-electron chi connectivity index (χ1n) is 7.95. The van der Waals surface area contributed by atoms with Crippen molar-refractivity contribution < 1.29 is 9.84 Å². The highest BCUT2D eigenvalue weighted by atomic mass is 16.5. The summed E-state index contributed by atoms with van der Waals surface area (Å²) in [5, 5.41) is 13.2. The molecule has 0 amide bonds. The fraction of sp³-hybridized carbons (Fsp3) is 1.00. The number of hydrogen-bond acceptors (Lipinski definition) is 4. The van der Waals surface area contributed by atoms with Gasteiger partial charge < -0.3 is 20.1 Å². The number of rotatable bonds is 9. The minimum absolute atomic E-state index is 0.373. The largest absolute Gasteiger partial charge is 0.389 e. The molecule has 1 saturated carbocycles. The van der Waals surface area contributed by atoms with Gasteiger partial charge in [-0.15, -0.1) is 0 Å². The summed E-state index contributed by atoms with van der Waals surface area (Å²) in [5.41, 5.74) is 0. The van der Waals surface area contributed by atoms with E-state index in [1.165, 1.54) is 45.2 Å². The van der Waals surface area contributed by atoms with Crippen LogP contribution in [-0.2, 0) is 4.74 Å². The lowest BCUT2D eigenvalue weighted by Gasteiger charge is -2.29. The van der Waals surface area contributed by atoms with Crippen LogP contribution in [0.5, 0.6) is 0 Å². The van der Waals surface area contributed by atoms with Gasteiger partial charge >= 0.3 is 0 Å². The van der Waals surface area contributed by atoms with Gasteiger partial charge in [-0.2, -0.15) is 0 Å². The molecule has 2 rings (SSSR count). The number of nitrogens with one attached hydrogen (secondary N) is 1. The van der Waals surface area contributed by atoms with Crippen molar-refractivity contribution >= 4 is 0 Å². The molecule has 0 radical (unpaired) electrons. The second-order valence-electron chi connectivity index (χ2n) is 6.31. The van der Waals surface area contributed by atoms with E-state index in [0.29, 0.717) is 19.2 Å². The first kappa shape index (κ1) is 15.2. The Morgan fingerprint density at radius 3 is 2.68 bits per heavy atom. The third-order valence-corrected chi connectivity index (χ3v) is 4.04. The fourth-order valence-corrected chi connectivity index (χ4v) is 2.65. The zero-order chi connectivity index (χ0) is 13.5. The van der Waals surface area contributed by atoms with Crippen LogP contribution in [0.4, 0.5) is 0 Å². The molecule has 19 heavy (non-hydrogen) atoms. The van der Waals surface area contributed by atoms with Crippen LogP contribution in [0.3, 0.4) is 0 Å². The van der Waals surface area contributed by atoms with Crippen LogP contribution in [0.2, 0.25) is 0 Å². The third kappa shape index (κ3) is 6.70. The Hall–Kier alpha value is -0.160. The maximum atomic E-state index is 9.84. The molecule has 1 aliphatic carbocycles. The minimum atomic E-state index is -0.373. The third-order valence-electron chi connectivity index (χ3n) is 4.04. The van der Waals surface area contributed by atoms with Crippen molar-refractivity contribution in [3.63, 3.8) is 0 Å². The summed E-state index contributed by atoms with van der Waals surface area (Å²) in [5.74, 6) is 0.776. The molecule has 112 valence electrons. The molecule has 0 aromatic heterocycles. The number of ether oxygens (including phenoxy) is 1. The van der Waals surface area contributed by atoms with Crippen molar-refractivity contribution in [2.75, 3.05) is 39.4 Å². The van der Waals surface area contributed by atoms with Crippen molar-refractivity contribution in [3.05, 3.63) is 0 Å². The van der Waals surface area contributed by atoms with Crippen LogP contribution >= 0.6 is 0 Å². The van der Waals surface area contributed by atoms with E-state index < -0.39 is 0 Å². The highest BCUT2D eigenvalue weighted by molar-refractivity contribution is 4.74. The van der Waals surface area contributed by atoms with E-state index in [0.717, 1.165) is 19.1 Å². The Morgan fingerprint density at radius 1 is 1.26 bits per heavy atom. The Bertz CT molecular complexity index is 240. The second kappa shape index (κ2) is 8.20. The van der Waals surface area contributed by atoms with Crippen LogP contribution in [0.15, 0.2) is 0 Å². The molecule has 0 spiro atoms. The average molecular weight is 270 g/mol. The predicted octanol–water partition coefficient (Wildman–Crippen LogP) is 1.24. The van der Waals surface area contributed by atoms with Crippen LogP contribution in [-0.4, -0.2) is 61.5 Å². The van der Waals surface area contributed by atoms with Crippen molar-refractivity contribution in [3.8, 4) is 0 Å². The second-order valence-corrected chi connectivity index (χ2v) is 6.31.